The van der Waals surface area contributed by atoms with Crippen LogP contribution in [0.3, 0.4) is 0 Å². The smallest absolute Gasteiger partial charge is 0.345 e. The summed E-state index contributed by atoms with van der Waals surface area (Å²) in [6.07, 6.45) is -0.720. The van der Waals surface area contributed by atoms with Gasteiger partial charge in [0.15, 0.2) is 6.10 Å². The van der Waals surface area contributed by atoms with Crippen LogP contribution < -0.4 is 0 Å². The van der Waals surface area contributed by atoms with E-state index in [4.69, 9.17) is 5.11 Å². The van der Waals surface area contributed by atoms with E-state index in [2.05, 4.69) is 4.74 Å². The van der Waals surface area contributed by atoms with Crippen LogP contribution in [0, 0.1) is 0 Å². The van der Waals surface area contributed by atoms with Crippen molar-refractivity contribution in [1.29, 1.82) is 0 Å². The van der Waals surface area contributed by atoms with Crippen LogP contribution in [0.5, 0.6) is 0 Å². The summed E-state index contributed by atoms with van der Waals surface area (Å²) in [7, 11) is 3.65. The average molecular weight is 189 g/mol. The van der Waals surface area contributed by atoms with E-state index in [1.807, 2.05) is 19.0 Å². The van der Waals surface area contributed by atoms with Crippen molar-refractivity contribution in [1.82, 2.24) is 4.90 Å². The normalized spacial score (nSPS) is 12.6. The van der Waals surface area contributed by atoms with Crippen molar-refractivity contribution in [2.75, 3.05) is 20.6 Å². The van der Waals surface area contributed by atoms with Crippen molar-refractivity contribution >= 4 is 11.9 Å². The zero-order valence-corrected chi connectivity index (χ0v) is 8.11. The Kier molecular flexibility index (Phi) is 5.06. The van der Waals surface area contributed by atoms with Crippen LogP contribution in [0.4, 0.5) is 0 Å². The number of carbonyl (C=O) groups excluding carboxylic acids is 1. The molecule has 0 heterocycles. The van der Waals surface area contributed by atoms with E-state index >= 15 is 0 Å². The fraction of sp³-hybridized carbons (Fsp3) is 0.750. The van der Waals surface area contributed by atoms with Gasteiger partial charge in [-0.3, -0.25) is 4.79 Å². The number of carbonyl (C=O) groups is 2. The second-order valence-corrected chi connectivity index (χ2v) is 3.03. The summed E-state index contributed by atoms with van der Waals surface area (Å²) in [6.45, 7) is 1.77. The molecule has 5 heteroatoms. The zero-order valence-electron chi connectivity index (χ0n) is 8.11. The molecule has 0 spiro atoms. The number of esters is 1. The van der Waals surface area contributed by atoms with Gasteiger partial charge >= 0.3 is 11.9 Å². The molecule has 1 unspecified atom stereocenters. The number of rotatable bonds is 5. The molecule has 0 aromatic heterocycles. The summed E-state index contributed by atoms with van der Waals surface area (Å²) in [5, 5.41) is 8.64. The number of hydrogen-bond donors (Lipinski definition) is 1. The van der Waals surface area contributed by atoms with Crippen LogP contribution in [-0.2, 0) is 14.3 Å². The summed E-state index contributed by atoms with van der Waals surface area (Å²) in [5.41, 5.74) is 0. The summed E-state index contributed by atoms with van der Waals surface area (Å²) >= 11 is 0. The Morgan fingerprint density at radius 1 is 1.46 bits per heavy atom. The largest absolute Gasteiger partial charge is 0.479 e. The monoisotopic (exact) mass is 189 g/mol. The lowest BCUT2D eigenvalue weighted by Crippen LogP contribution is -2.30. The van der Waals surface area contributed by atoms with Gasteiger partial charge in [0.25, 0.3) is 0 Å². The van der Waals surface area contributed by atoms with Crippen LogP contribution in [-0.4, -0.2) is 48.7 Å². The molecule has 0 aliphatic heterocycles. The molecule has 0 saturated carbocycles. The van der Waals surface area contributed by atoms with Crippen molar-refractivity contribution in [3.8, 4) is 0 Å². The molecule has 0 radical (unpaired) electrons. The van der Waals surface area contributed by atoms with E-state index in [0.717, 1.165) is 0 Å². The van der Waals surface area contributed by atoms with Crippen LogP contribution in [0.2, 0.25) is 0 Å². The van der Waals surface area contributed by atoms with Crippen LogP contribution in [0.15, 0.2) is 0 Å². The van der Waals surface area contributed by atoms with Gasteiger partial charge < -0.3 is 14.7 Å². The first-order chi connectivity index (χ1) is 5.93. The van der Waals surface area contributed by atoms with Crippen LogP contribution in [0.1, 0.15) is 13.3 Å². The molecule has 76 valence electrons. The molecular formula is C8H15NO4. The quantitative estimate of drug-likeness (QED) is 0.614. The molecule has 0 bridgehead atoms. The summed E-state index contributed by atoms with van der Waals surface area (Å²) in [4.78, 5) is 22.9. The minimum absolute atomic E-state index is 0.307. The second-order valence-electron chi connectivity index (χ2n) is 3.03. The minimum atomic E-state index is -1.10. The van der Waals surface area contributed by atoms with E-state index in [9.17, 15) is 9.59 Å². The number of carboxylic acids is 1. The fourth-order valence-electron chi connectivity index (χ4n) is 0.809. The van der Waals surface area contributed by atoms with Gasteiger partial charge in [0.2, 0.25) is 0 Å². The number of ether oxygens (including phenoxy) is 1. The Hall–Kier alpha value is -1.10. The molecular weight excluding hydrogens is 174 g/mol. The van der Waals surface area contributed by atoms with Gasteiger partial charge in [-0.15, -0.1) is 0 Å². The van der Waals surface area contributed by atoms with Crippen LogP contribution >= 0.6 is 0 Å². The maximum atomic E-state index is 10.6. The highest BCUT2D eigenvalue weighted by Gasteiger charge is 2.20. The summed E-state index contributed by atoms with van der Waals surface area (Å²) in [6, 6.07) is 0. The van der Waals surface area contributed by atoms with Gasteiger partial charge in [-0.05, 0) is 14.1 Å². The third-order valence-corrected chi connectivity index (χ3v) is 1.42. The Morgan fingerprint density at radius 3 is 2.31 bits per heavy atom. The molecule has 0 aromatic rings. The molecule has 0 amide bonds. The number of nitrogens with zero attached hydrogens (tertiary/aromatic N) is 1. The SMILES string of the molecule is CC(=O)OC(CCN(C)C)C(=O)O. The van der Waals surface area contributed by atoms with E-state index < -0.39 is 18.0 Å². The molecule has 0 aliphatic carbocycles. The second kappa shape index (κ2) is 5.53. The predicted molar refractivity (Wildman–Crippen MR) is 46.4 cm³/mol. The van der Waals surface area contributed by atoms with Crippen molar-refractivity contribution < 1.29 is 19.4 Å². The van der Waals surface area contributed by atoms with E-state index in [1.54, 1.807) is 0 Å². The minimum Gasteiger partial charge on any atom is -0.479 e. The van der Waals surface area contributed by atoms with Gasteiger partial charge in [0.1, 0.15) is 0 Å². The van der Waals surface area contributed by atoms with Crippen LogP contribution in [0.25, 0.3) is 0 Å². The fourth-order valence-corrected chi connectivity index (χ4v) is 0.809. The number of aliphatic carboxylic acids is 1. The Bertz CT molecular complexity index is 191. The Labute approximate surface area is 77.3 Å². The molecule has 0 saturated heterocycles. The standard InChI is InChI=1S/C8H15NO4/c1-6(10)13-7(8(11)12)4-5-9(2)3/h7H,4-5H2,1-3H3,(H,11,12). The average Bonchev–Trinajstić information content (AvgIpc) is 1.96. The molecule has 1 atom stereocenters. The Balaban J connectivity index is 3.95. The molecule has 1 N–H and O–H groups in total. The lowest BCUT2D eigenvalue weighted by atomic mass is 10.2. The highest BCUT2D eigenvalue weighted by atomic mass is 16.6. The zero-order chi connectivity index (χ0) is 10.4. The maximum Gasteiger partial charge on any atom is 0.345 e. The van der Waals surface area contributed by atoms with E-state index in [1.165, 1.54) is 6.92 Å². The van der Waals surface area contributed by atoms with Crippen molar-refractivity contribution in [2.45, 2.75) is 19.4 Å². The third kappa shape index (κ3) is 6.10. The Morgan fingerprint density at radius 2 is 2.00 bits per heavy atom. The van der Waals surface area contributed by atoms with Gasteiger partial charge in [-0.2, -0.15) is 0 Å². The number of carboxylic acid groups (broad SMARTS) is 1. The first kappa shape index (κ1) is 11.9. The van der Waals surface area contributed by atoms with Crippen molar-refractivity contribution in [3.05, 3.63) is 0 Å². The molecule has 0 rings (SSSR count). The molecule has 5 nitrogen and oxygen atoms in total. The third-order valence-electron chi connectivity index (χ3n) is 1.42. The molecule has 0 fully saturated rings. The maximum absolute atomic E-state index is 10.6. The first-order valence-corrected chi connectivity index (χ1v) is 3.98. The van der Waals surface area contributed by atoms with Crippen molar-refractivity contribution in [2.24, 2.45) is 0 Å². The summed E-state index contributed by atoms with van der Waals surface area (Å²) < 4.78 is 4.60. The molecule has 0 aromatic carbocycles. The highest BCUT2D eigenvalue weighted by molar-refractivity contribution is 5.76. The number of hydrogen-bond acceptors (Lipinski definition) is 4. The molecule has 0 aliphatic rings. The topological polar surface area (TPSA) is 66.8 Å². The van der Waals surface area contributed by atoms with E-state index in [0.29, 0.717) is 13.0 Å². The van der Waals surface area contributed by atoms with Crippen molar-refractivity contribution in [3.63, 3.8) is 0 Å². The van der Waals surface area contributed by atoms with Gasteiger partial charge in [0.05, 0.1) is 0 Å². The molecule has 13 heavy (non-hydrogen) atoms. The van der Waals surface area contributed by atoms with Gasteiger partial charge in [-0.25, -0.2) is 4.79 Å². The van der Waals surface area contributed by atoms with Gasteiger partial charge in [0, 0.05) is 19.9 Å². The first-order valence-electron chi connectivity index (χ1n) is 3.98. The summed E-state index contributed by atoms with van der Waals surface area (Å²) in [5.74, 6) is -1.66. The predicted octanol–water partition coefficient (Wildman–Crippen LogP) is -0.0456. The lowest BCUT2D eigenvalue weighted by Gasteiger charge is -2.15. The van der Waals surface area contributed by atoms with Gasteiger partial charge in [-0.1, -0.05) is 0 Å². The highest BCUT2D eigenvalue weighted by Crippen LogP contribution is 2.00. The van der Waals surface area contributed by atoms with E-state index in [-0.39, 0.29) is 0 Å². The lowest BCUT2D eigenvalue weighted by molar-refractivity contribution is -0.163.